The van der Waals surface area contributed by atoms with Crippen LogP contribution in [0.4, 0.5) is 23.4 Å². The van der Waals surface area contributed by atoms with Gasteiger partial charge < -0.3 is 5.32 Å². The zero-order chi connectivity index (χ0) is 19.3. The van der Waals surface area contributed by atoms with Gasteiger partial charge in [-0.1, -0.05) is 11.8 Å². The minimum Gasteiger partial charge on any atom is -0.310 e. The molecule has 2 saturated carbocycles. The maximum atomic E-state index is 13.2. The van der Waals surface area contributed by atoms with Crippen molar-refractivity contribution in [1.29, 1.82) is 0 Å². The summed E-state index contributed by atoms with van der Waals surface area (Å²) in [6.45, 7) is 1.69. The molecule has 10 heteroatoms. The molecule has 2 aliphatic carbocycles. The van der Waals surface area contributed by atoms with E-state index < -0.39 is 42.4 Å². The Morgan fingerprint density at radius 1 is 1.23 bits per heavy atom. The second-order valence-electron chi connectivity index (χ2n) is 6.89. The van der Waals surface area contributed by atoms with Crippen molar-refractivity contribution >= 4 is 28.7 Å². The van der Waals surface area contributed by atoms with E-state index in [9.17, 15) is 22.4 Å². The second kappa shape index (κ2) is 6.54. The van der Waals surface area contributed by atoms with Crippen molar-refractivity contribution in [3.05, 3.63) is 11.3 Å². The molecule has 0 radical (unpaired) electrons. The third-order valence-corrected chi connectivity index (χ3v) is 5.61. The van der Waals surface area contributed by atoms with Crippen LogP contribution in [0.2, 0.25) is 0 Å². The number of aromatic nitrogens is 2. The first-order valence-electron chi connectivity index (χ1n) is 8.24. The zero-order valence-electron chi connectivity index (χ0n) is 14.7. The largest absolute Gasteiger partial charge is 0.310 e. The summed E-state index contributed by atoms with van der Waals surface area (Å²) in [5.41, 5.74) is 1.06. The lowest BCUT2D eigenvalue weighted by Crippen LogP contribution is -2.42. The molecule has 0 saturated heterocycles. The molecule has 1 amide bonds. The van der Waals surface area contributed by atoms with Gasteiger partial charge in [0.25, 0.3) is 0 Å². The Bertz CT molecular complexity index is 746. The van der Waals surface area contributed by atoms with Crippen molar-refractivity contribution in [1.82, 2.24) is 9.78 Å². The Morgan fingerprint density at radius 2 is 1.81 bits per heavy atom. The fourth-order valence-electron chi connectivity index (χ4n) is 3.38. The van der Waals surface area contributed by atoms with Gasteiger partial charge in [0.1, 0.15) is 5.82 Å². The van der Waals surface area contributed by atoms with E-state index in [1.807, 2.05) is 0 Å². The SMILES string of the molecule is C/N=C(\SC)n1nc(C2CC(F)(F)C2)c(C)c1NC(=O)C1CC(F)(F)C1. The number of halogens is 4. The van der Waals surface area contributed by atoms with Crippen molar-refractivity contribution in [2.24, 2.45) is 10.9 Å². The molecule has 3 rings (SSSR count). The first-order chi connectivity index (χ1) is 12.1. The molecule has 0 aromatic carbocycles. The number of anilines is 1. The number of thioether (sulfide) groups is 1. The minimum atomic E-state index is -2.80. The zero-order valence-corrected chi connectivity index (χ0v) is 15.5. The average Bonchev–Trinajstić information content (AvgIpc) is 2.81. The molecule has 0 spiro atoms. The van der Waals surface area contributed by atoms with E-state index in [1.54, 1.807) is 20.2 Å². The maximum Gasteiger partial charge on any atom is 0.249 e. The summed E-state index contributed by atoms with van der Waals surface area (Å²) in [6, 6.07) is 0. The summed E-state index contributed by atoms with van der Waals surface area (Å²) in [7, 11) is 1.55. The van der Waals surface area contributed by atoms with Crippen molar-refractivity contribution in [2.75, 3.05) is 18.6 Å². The van der Waals surface area contributed by atoms with Gasteiger partial charge >= 0.3 is 0 Å². The monoisotopic (exact) mass is 392 g/mol. The summed E-state index contributed by atoms with van der Waals surface area (Å²) >= 11 is 1.28. The van der Waals surface area contributed by atoms with Crippen molar-refractivity contribution < 1.29 is 22.4 Å². The Kier molecular flexibility index (Phi) is 4.83. The van der Waals surface area contributed by atoms with E-state index in [0.717, 1.165) is 0 Å². The molecule has 0 unspecified atom stereocenters. The van der Waals surface area contributed by atoms with Gasteiger partial charge in [-0.05, 0) is 13.2 Å². The molecule has 1 heterocycles. The highest BCUT2D eigenvalue weighted by Crippen LogP contribution is 2.49. The summed E-state index contributed by atoms with van der Waals surface area (Å²) in [6.07, 6.45) is 0.237. The molecule has 0 atom stereocenters. The molecule has 0 aliphatic heterocycles. The molecule has 2 fully saturated rings. The number of aliphatic imine (C=N–C) groups is 1. The number of alkyl halides is 4. The molecule has 1 aromatic rings. The predicted octanol–water partition coefficient (Wildman–Crippen LogP) is 3.88. The van der Waals surface area contributed by atoms with Crippen LogP contribution in [0, 0.1) is 12.8 Å². The van der Waals surface area contributed by atoms with Gasteiger partial charge in [-0.2, -0.15) is 9.78 Å². The van der Waals surface area contributed by atoms with Crippen molar-refractivity contribution in [2.45, 2.75) is 50.4 Å². The van der Waals surface area contributed by atoms with Gasteiger partial charge in [0.15, 0.2) is 5.17 Å². The Labute approximate surface area is 152 Å². The van der Waals surface area contributed by atoms with Crippen LogP contribution < -0.4 is 5.32 Å². The molecular formula is C16H20F4N4OS. The fraction of sp³-hybridized carbons (Fsp3) is 0.688. The van der Waals surface area contributed by atoms with E-state index in [1.165, 1.54) is 16.4 Å². The van der Waals surface area contributed by atoms with E-state index in [4.69, 9.17) is 0 Å². The van der Waals surface area contributed by atoms with Crippen LogP contribution in [0.1, 0.15) is 42.9 Å². The van der Waals surface area contributed by atoms with Crippen LogP contribution in [0.25, 0.3) is 0 Å². The fourth-order valence-corrected chi connectivity index (χ4v) is 3.87. The van der Waals surface area contributed by atoms with Crippen molar-refractivity contribution in [3.8, 4) is 0 Å². The van der Waals surface area contributed by atoms with Gasteiger partial charge in [0.05, 0.1) is 5.69 Å². The smallest absolute Gasteiger partial charge is 0.249 e. The summed E-state index contributed by atoms with van der Waals surface area (Å²) in [5, 5.41) is 7.52. The van der Waals surface area contributed by atoms with Gasteiger partial charge in [-0.15, -0.1) is 0 Å². The summed E-state index contributed by atoms with van der Waals surface area (Å²) in [4.78, 5) is 16.4. The lowest BCUT2D eigenvalue weighted by molar-refractivity contribution is -0.145. The Morgan fingerprint density at radius 3 is 2.27 bits per heavy atom. The second-order valence-corrected chi connectivity index (χ2v) is 7.67. The number of rotatable bonds is 3. The summed E-state index contributed by atoms with van der Waals surface area (Å²) < 4.78 is 53.9. The molecular weight excluding hydrogens is 372 g/mol. The molecule has 5 nitrogen and oxygen atoms in total. The third kappa shape index (κ3) is 3.47. The first kappa shape index (κ1) is 19.2. The van der Waals surface area contributed by atoms with Crippen molar-refractivity contribution in [3.63, 3.8) is 0 Å². The van der Waals surface area contributed by atoms with Gasteiger partial charge in [-0.25, -0.2) is 17.6 Å². The van der Waals surface area contributed by atoms with Gasteiger partial charge in [-0.3, -0.25) is 9.79 Å². The molecule has 0 bridgehead atoms. The normalized spacial score (nSPS) is 22.7. The van der Waals surface area contributed by atoms with Crippen LogP contribution in [-0.4, -0.2) is 46.0 Å². The molecule has 1 aromatic heterocycles. The highest BCUT2D eigenvalue weighted by atomic mass is 32.2. The molecule has 1 N–H and O–H groups in total. The van der Waals surface area contributed by atoms with Gasteiger partial charge in [0.2, 0.25) is 17.8 Å². The quantitative estimate of drug-likeness (QED) is 0.482. The van der Waals surface area contributed by atoms with Crippen LogP contribution in [0.3, 0.4) is 0 Å². The van der Waals surface area contributed by atoms with Crippen LogP contribution in [0.15, 0.2) is 4.99 Å². The number of amides is 1. The van der Waals surface area contributed by atoms with E-state index in [0.29, 0.717) is 22.2 Å². The number of hydrogen-bond acceptors (Lipinski definition) is 4. The molecule has 26 heavy (non-hydrogen) atoms. The highest BCUT2D eigenvalue weighted by Gasteiger charge is 2.50. The molecule has 2 aliphatic rings. The number of carbonyl (C=O) groups excluding carboxylic acids is 1. The lowest BCUT2D eigenvalue weighted by Gasteiger charge is -2.34. The van der Waals surface area contributed by atoms with Crippen LogP contribution >= 0.6 is 11.8 Å². The minimum absolute atomic E-state index is 0.287. The number of carbonyl (C=O) groups is 1. The first-order valence-corrected chi connectivity index (χ1v) is 9.46. The predicted molar refractivity (Wildman–Crippen MR) is 92.5 cm³/mol. The van der Waals surface area contributed by atoms with Gasteiger partial charge in [0, 0.05) is 50.1 Å². The highest BCUT2D eigenvalue weighted by molar-refractivity contribution is 8.13. The number of nitrogens with one attached hydrogen (secondary N) is 1. The third-order valence-electron chi connectivity index (χ3n) is 4.89. The topological polar surface area (TPSA) is 59.3 Å². The maximum absolute atomic E-state index is 13.2. The number of hydrogen-bond donors (Lipinski definition) is 1. The van der Waals surface area contributed by atoms with Crippen LogP contribution in [-0.2, 0) is 4.79 Å². The van der Waals surface area contributed by atoms with Crippen LogP contribution in [0.5, 0.6) is 0 Å². The van der Waals surface area contributed by atoms with E-state index in [-0.39, 0.29) is 12.8 Å². The lowest BCUT2D eigenvalue weighted by atomic mass is 9.78. The summed E-state index contributed by atoms with van der Waals surface area (Å²) in [5.74, 6) is -6.85. The Hall–Kier alpha value is -1.58. The standard InChI is InChI=1S/C16H20F4N4OS/c1-8-11(9-4-15(17,18)5-9)23-24(14(21-2)26-3)12(8)22-13(25)10-6-16(19,20)7-10/h9-10H,4-7H2,1-3H3,(H,22,25)/b21-14-. The average molecular weight is 392 g/mol. The Balaban J connectivity index is 1.87. The molecule has 144 valence electrons. The van der Waals surface area contributed by atoms with E-state index in [2.05, 4.69) is 15.4 Å². The van der Waals surface area contributed by atoms with E-state index >= 15 is 0 Å². The number of nitrogens with zero attached hydrogens (tertiary/aromatic N) is 3.